The Bertz CT molecular complexity index is 695. The van der Waals surface area contributed by atoms with Gasteiger partial charge in [0.15, 0.2) is 5.82 Å². The Kier molecular flexibility index (Phi) is 5.46. The predicted octanol–water partition coefficient (Wildman–Crippen LogP) is 2.54. The van der Waals surface area contributed by atoms with Crippen molar-refractivity contribution in [1.29, 1.82) is 0 Å². The van der Waals surface area contributed by atoms with Gasteiger partial charge in [0, 0.05) is 30.3 Å². The number of rotatable bonds is 6. The molecule has 0 spiro atoms. The lowest BCUT2D eigenvalue weighted by molar-refractivity contribution is -0.140. The highest BCUT2D eigenvalue weighted by molar-refractivity contribution is 6.03. The number of hydrogen-bond donors (Lipinski definition) is 1. The number of carbonyl (C=O) groups is 2. The van der Waals surface area contributed by atoms with Gasteiger partial charge in [-0.1, -0.05) is 0 Å². The van der Waals surface area contributed by atoms with Crippen molar-refractivity contribution in [1.82, 2.24) is 9.78 Å². The molecule has 1 heterocycles. The second-order valence-corrected chi connectivity index (χ2v) is 5.03. The summed E-state index contributed by atoms with van der Waals surface area (Å²) in [6, 6.07) is 7.01. The van der Waals surface area contributed by atoms with Crippen molar-refractivity contribution in [3.05, 3.63) is 47.4 Å². The second-order valence-electron chi connectivity index (χ2n) is 5.03. The van der Waals surface area contributed by atoms with Crippen LogP contribution in [0.4, 0.5) is 10.2 Å². The Morgan fingerprint density at radius 3 is 2.65 bits per heavy atom. The monoisotopic (exact) mass is 319 g/mol. The Morgan fingerprint density at radius 1 is 1.30 bits per heavy atom. The molecule has 0 aliphatic rings. The zero-order valence-corrected chi connectivity index (χ0v) is 13.0. The smallest absolute Gasteiger partial charge is 0.305 e. The first kappa shape index (κ1) is 16.7. The average Bonchev–Trinajstić information content (AvgIpc) is 2.87. The largest absolute Gasteiger partial charge is 0.469 e. The highest BCUT2D eigenvalue weighted by atomic mass is 19.1. The van der Waals surface area contributed by atoms with E-state index in [1.807, 2.05) is 6.92 Å². The fourth-order valence-electron chi connectivity index (χ4n) is 2.06. The quantitative estimate of drug-likeness (QED) is 0.830. The number of aryl methyl sites for hydroxylation is 2. The van der Waals surface area contributed by atoms with E-state index in [-0.39, 0.29) is 11.9 Å². The number of anilines is 1. The summed E-state index contributed by atoms with van der Waals surface area (Å²) in [6.07, 6.45) is 0.910. The standard InChI is InChI=1S/C16H18FN3O3/c1-11-10-14(19-20(11)9-3-4-15(21)23-2)18-16(22)12-5-7-13(17)8-6-12/h5-8,10H,3-4,9H2,1-2H3,(H,18,19,22). The molecule has 0 aliphatic carbocycles. The van der Waals surface area contributed by atoms with Crippen LogP contribution in [-0.2, 0) is 16.1 Å². The molecule has 0 saturated carbocycles. The van der Waals surface area contributed by atoms with Crippen molar-refractivity contribution in [3.8, 4) is 0 Å². The normalized spacial score (nSPS) is 10.4. The molecular formula is C16H18FN3O3. The molecule has 23 heavy (non-hydrogen) atoms. The van der Waals surface area contributed by atoms with Gasteiger partial charge in [-0.25, -0.2) is 4.39 Å². The average molecular weight is 319 g/mol. The molecular weight excluding hydrogens is 301 g/mol. The zero-order chi connectivity index (χ0) is 16.8. The van der Waals surface area contributed by atoms with Crippen LogP contribution in [0.3, 0.4) is 0 Å². The van der Waals surface area contributed by atoms with E-state index in [0.717, 1.165) is 5.69 Å². The van der Waals surface area contributed by atoms with Gasteiger partial charge in [-0.05, 0) is 37.6 Å². The van der Waals surface area contributed by atoms with Gasteiger partial charge < -0.3 is 10.1 Å². The summed E-state index contributed by atoms with van der Waals surface area (Å²) in [5.41, 5.74) is 1.22. The third-order valence-electron chi connectivity index (χ3n) is 3.31. The van der Waals surface area contributed by atoms with E-state index in [9.17, 15) is 14.0 Å². The zero-order valence-electron chi connectivity index (χ0n) is 13.0. The number of benzene rings is 1. The lowest BCUT2D eigenvalue weighted by Crippen LogP contribution is -2.13. The predicted molar refractivity (Wildman–Crippen MR) is 82.6 cm³/mol. The highest BCUT2D eigenvalue weighted by Gasteiger charge is 2.10. The Labute approximate surface area is 133 Å². The molecule has 0 saturated heterocycles. The van der Waals surface area contributed by atoms with Crippen LogP contribution >= 0.6 is 0 Å². The van der Waals surface area contributed by atoms with E-state index >= 15 is 0 Å². The second kappa shape index (κ2) is 7.53. The summed E-state index contributed by atoms with van der Waals surface area (Å²) in [5, 5.41) is 6.94. The lowest BCUT2D eigenvalue weighted by atomic mass is 10.2. The number of methoxy groups -OCH3 is 1. The van der Waals surface area contributed by atoms with Crippen LogP contribution < -0.4 is 5.32 Å². The van der Waals surface area contributed by atoms with Crippen molar-refractivity contribution in [3.63, 3.8) is 0 Å². The number of halogens is 1. The van der Waals surface area contributed by atoms with E-state index in [4.69, 9.17) is 0 Å². The maximum atomic E-state index is 12.9. The van der Waals surface area contributed by atoms with E-state index in [2.05, 4.69) is 15.2 Å². The number of amides is 1. The summed E-state index contributed by atoms with van der Waals surface area (Å²) < 4.78 is 19.1. The minimum absolute atomic E-state index is 0.264. The first-order valence-electron chi connectivity index (χ1n) is 7.18. The van der Waals surface area contributed by atoms with Gasteiger partial charge in [0.2, 0.25) is 0 Å². The van der Waals surface area contributed by atoms with Crippen LogP contribution in [0, 0.1) is 12.7 Å². The number of esters is 1. The molecule has 0 aliphatic heterocycles. The van der Waals surface area contributed by atoms with Gasteiger partial charge in [0.05, 0.1) is 7.11 Å². The fraction of sp³-hybridized carbons (Fsp3) is 0.312. The highest BCUT2D eigenvalue weighted by Crippen LogP contribution is 2.12. The molecule has 122 valence electrons. The Hall–Kier alpha value is -2.70. The van der Waals surface area contributed by atoms with E-state index in [0.29, 0.717) is 30.8 Å². The fourth-order valence-corrected chi connectivity index (χ4v) is 2.06. The third-order valence-corrected chi connectivity index (χ3v) is 3.31. The number of hydrogen-bond acceptors (Lipinski definition) is 4. The first-order chi connectivity index (χ1) is 11.0. The molecule has 1 N–H and O–H groups in total. The summed E-state index contributed by atoms with van der Waals surface area (Å²) in [7, 11) is 1.35. The molecule has 0 fully saturated rings. The number of nitrogens with one attached hydrogen (secondary N) is 1. The van der Waals surface area contributed by atoms with Gasteiger partial charge in [-0.2, -0.15) is 5.10 Å². The topological polar surface area (TPSA) is 73.2 Å². The molecule has 2 rings (SSSR count). The molecule has 0 atom stereocenters. The molecule has 6 nitrogen and oxygen atoms in total. The summed E-state index contributed by atoms with van der Waals surface area (Å²) in [5.74, 6) is -0.606. The first-order valence-corrected chi connectivity index (χ1v) is 7.18. The number of carbonyl (C=O) groups excluding carboxylic acids is 2. The van der Waals surface area contributed by atoms with Gasteiger partial charge in [0.1, 0.15) is 5.82 Å². The summed E-state index contributed by atoms with van der Waals surface area (Å²) in [6.45, 7) is 2.41. The third kappa shape index (κ3) is 4.64. The summed E-state index contributed by atoms with van der Waals surface area (Å²) >= 11 is 0. The lowest BCUT2D eigenvalue weighted by Gasteiger charge is -2.04. The van der Waals surface area contributed by atoms with Crippen molar-refractivity contribution in [2.24, 2.45) is 0 Å². The number of aromatic nitrogens is 2. The molecule has 7 heteroatoms. The number of nitrogens with zero attached hydrogens (tertiary/aromatic N) is 2. The Morgan fingerprint density at radius 2 is 2.00 bits per heavy atom. The van der Waals surface area contributed by atoms with Gasteiger partial charge in [-0.15, -0.1) is 0 Å². The number of ether oxygens (including phenoxy) is 1. The minimum Gasteiger partial charge on any atom is -0.469 e. The molecule has 1 aromatic carbocycles. The summed E-state index contributed by atoms with van der Waals surface area (Å²) in [4.78, 5) is 23.1. The molecule has 0 bridgehead atoms. The maximum Gasteiger partial charge on any atom is 0.305 e. The van der Waals surface area contributed by atoms with E-state index < -0.39 is 5.82 Å². The molecule has 1 aromatic heterocycles. The van der Waals surface area contributed by atoms with E-state index in [1.54, 1.807) is 10.7 Å². The maximum absolute atomic E-state index is 12.9. The molecule has 0 unspecified atom stereocenters. The molecule has 2 aromatic rings. The van der Waals surface area contributed by atoms with Crippen molar-refractivity contribution < 1.29 is 18.7 Å². The molecule has 1 amide bonds. The van der Waals surface area contributed by atoms with E-state index in [1.165, 1.54) is 31.4 Å². The van der Waals surface area contributed by atoms with Gasteiger partial charge in [0.25, 0.3) is 5.91 Å². The van der Waals surface area contributed by atoms with Crippen LogP contribution in [0.25, 0.3) is 0 Å². The molecule has 0 radical (unpaired) electrons. The van der Waals surface area contributed by atoms with Crippen LogP contribution in [0.5, 0.6) is 0 Å². The van der Waals surface area contributed by atoms with Gasteiger partial charge >= 0.3 is 5.97 Å². The Balaban J connectivity index is 1.96. The van der Waals surface area contributed by atoms with Gasteiger partial charge in [-0.3, -0.25) is 14.3 Å². The van der Waals surface area contributed by atoms with Crippen molar-refractivity contribution >= 4 is 17.7 Å². The van der Waals surface area contributed by atoms with Crippen LogP contribution in [0.1, 0.15) is 28.9 Å². The SMILES string of the molecule is COC(=O)CCCn1nc(NC(=O)c2ccc(F)cc2)cc1C. The van der Waals surface area contributed by atoms with Crippen LogP contribution in [-0.4, -0.2) is 28.8 Å². The van der Waals surface area contributed by atoms with Crippen molar-refractivity contribution in [2.45, 2.75) is 26.3 Å². The van der Waals surface area contributed by atoms with Crippen LogP contribution in [0.2, 0.25) is 0 Å². The minimum atomic E-state index is -0.396. The van der Waals surface area contributed by atoms with Crippen molar-refractivity contribution in [2.75, 3.05) is 12.4 Å². The van der Waals surface area contributed by atoms with Crippen LogP contribution in [0.15, 0.2) is 30.3 Å².